The number of halogens is 1. The van der Waals surface area contributed by atoms with E-state index in [0.717, 1.165) is 28.7 Å². The molecule has 3 N–H and O–H groups in total. The average molecular weight is 420 g/mol. The highest BCUT2D eigenvalue weighted by molar-refractivity contribution is 7.99. The van der Waals surface area contributed by atoms with Gasteiger partial charge in [0.1, 0.15) is 5.52 Å². The van der Waals surface area contributed by atoms with Gasteiger partial charge in [0.05, 0.1) is 10.5 Å². The number of nitrogens with one attached hydrogen (secondary N) is 1. The molecule has 0 fully saturated rings. The number of nitrogens with two attached hydrogens (primary N) is 1. The number of rotatable bonds is 5. The Labute approximate surface area is 172 Å². The summed E-state index contributed by atoms with van der Waals surface area (Å²) in [6, 6.07) is 5.59. The number of anilines is 1. The second-order valence-electron chi connectivity index (χ2n) is 7.52. The number of fused-ring (bicyclic) bond motifs is 2. The van der Waals surface area contributed by atoms with Crippen molar-refractivity contribution < 1.29 is 9.47 Å². The van der Waals surface area contributed by atoms with Crippen LogP contribution in [0.4, 0.5) is 5.82 Å². The molecular formula is C19H22ClN5O2S. The van der Waals surface area contributed by atoms with Gasteiger partial charge in [-0.1, -0.05) is 11.6 Å². The zero-order valence-electron chi connectivity index (χ0n) is 16.0. The Morgan fingerprint density at radius 1 is 1.29 bits per heavy atom. The van der Waals surface area contributed by atoms with E-state index in [-0.39, 0.29) is 12.3 Å². The SMILES string of the molecule is CC(C)(C)NCCn1c(Sc2cc3c(cc2Cl)OCO3)nc2c(N)nccc21. The summed E-state index contributed by atoms with van der Waals surface area (Å²) in [5.41, 5.74) is 7.73. The standard InChI is InChI=1S/C19H22ClN5O2S/c1-19(2,3)23-6-7-25-12-4-5-22-17(21)16(12)24-18(25)28-15-9-14-13(8-11(15)20)26-10-27-14/h4-5,8-9,23H,6-7,10H2,1-3H3,(H2,21,22). The molecule has 3 aromatic rings. The van der Waals surface area contributed by atoms with Crippen LogP contribution in [0.5, 0.6) is 11.5 Å². The van der Waals surface area contributed by atoms with E-state index in [2.05, 4.69) is 35.6 Å². The van der Waals surface area contributed by atoms with Crippen molar-refractivity contribution in [2.75, 3.05) is 19.1 Å². The molecule has 3 heterocycles. The van der Waals surface area contributed by atoms with Crippen molar-refractivity contribution >= 4 is 40.2 Å². The third kappa shape index (κ3) is 3.85. The maximum atomic E-state index is 6.46. The Morgan fingerprint density at radius 2 is 2.04 bits per heavy atom. The lowest BCUT2D eigenvalue weighted by atomic mass is 10.1. The van der Waals surface area contributed by atoms with E-state index in [1.54, 1.807) is 12.3 Å². The Balaban J connectivity index is 1.70. The van der Waals surface area contributed by atoms with E-state index in [0.29, 0.717) is 27.9 Å². The van der Waals surface area contributed by atoms with Gasteiger partial charge in [0, 0.05) is 35.8 Å². The van der Waals surface area contributed by atoms with Gasteiger partial charge in [-0.25, -0.2) is 9.97 Å². The third-order valence-corrected chi connectivity index (χ3v) is 5.76. The van der Waals surface area contributed by atoms with E-state index in [1.165, 1.54) is 11.8 Å². The highest BCUT2D eigenvalue weighted by Gasteiger charge is 2.20. The molecule has 0 saturated heterocycles. The smallest absolute Gasteiger partial charge is 0.231 e. The first-order valence-corrected chi connectivity index (χ1v) is 10.1. The first kappa shape index (κ1) is 19.2. The predicted molar refractivity (Wildman–Crippen MR) is 111 cm³/mol. The van der Waals surface area contributed by atoms with Crippen LogP contribution in [0.1, 0.15) is 20.8 Å². The molecule has 0 aliphatic carbocycles. The Bertz CT molecular complexity index is 1030. The van der Waals surface area contributed by atoms with Gasteiger partial charge in [-0.05, 0) is 44.7 Å². The fourth-order valence-corrected chi connectivity index (χ4v) is 4.19. The van der Waals surface area contributed by atoms with E-state index < -0.39 is 0 Å². The van der Waals surface area contributed by atoms with Gasteiger partial charge >= 0.3 is 0 Å². The molecule has 0 saturated carbocycles. The molecule has 28 heavy (non-hydrogen) atoms. The minimum absolute atomic E-state index is 0.0326. The third-order valence-electron chi connectivity index (χ3n) is 4.28. The molecular weight excluding hydrogens is 398 g/mol. The quantitative estimate of drug-likeness (QED) is 0.647. The molecule has 0 unspecified atom stereocenters. The molecule has 9 heteroatoms. The monoisotopic (exact) mass is 419 g/mol. The second-order valence-corrected chi connectivity index (χ2v) is 8.94. The van der Waals surface area contributed by atoms with Gasteiger partial charge in [-0.2, -0.15) is 0 Å². The lowest BCUT2D eigenvalue weighted by Crippen LogP contribution is -2.37. The summed E-state index contributed by atoms with van der Waals surface area (Å²) in [6.07, 6.45) is 1.70. The van der Waals surface area contributed by atoms with Gasteiger partial charge < -0.3 is 25.1 Å². The van der Waals surface area contributed by atoms with Gasteiger partial charge in [0.15, 0.2) is 22.5 Å². The summed E-state index contributed by atoms with van der Waals surface area (Å²) in [5.74, 6) is 1.76. The number of hydrogen-bond donors (Lipinski definition) is 2. The van der Waals surface area contributed by atoms with Crippen LogP contribution in [0.25, 0.3) is 11.0 Å². The minimum Gasteiger partial charge on any atom is -0.454 e. The van der Waals surface area contributed by atoms with E-state index in [4.69, 9.17) is 31.8 Å². The summed E-state index contributed by atoms with van der Waals surface area (Å²) in [6.45, 7) is 8.16. The zero-order chi connectivity index (χ0) is 19.9. The van der Waals surface area contributed by atoms with Crippen LogP contribution in [0, 0.1) is 0 Å². The van der Waals surface area contributed by atoms with Crippen LogP contribution in [0.2, 0.25) is 5.02 Å². The number of nitrogens with zero attached hydrogens (tertiary/aromatic N) is 3. The molecule has 0 atom stereocenters. The van der Waals surface area contributed by atoms with Gasteiger partial charge in [0.2, 0.25) is 6.79 Å². The average Bonchev–Trinajstić information content (AvgIpc) is 3.20. The molecule has 0 amide bonds. The van der Waals surface area contributed by atoms with Crippen LogP contribution in [0.15, 0.2) is 34.4 Å². The summed E-state index contributed by atoms with van der Waals surface area (Å²) < 4.78 is 13.0. The molecule has 7 nitrogen and oxygen atoms in total. The zero-order valence-corrected chi connectivity index (χ0v) is 17.5. The van der Waals surface area contributed by atoms with Crippen molar-refractivity contribution in [2.24, 2.45) is 0 Å². The van der Waals surface area contributed by atoms with Crippen molar-refractivity contribution in [1.29, 1.82) is 0 Å². The van der Waals surface area contributed by atoms with Gasteiger partial charge in [-0.3, -0.25) is 0 Å². The Hall–Kier alpha value is -2.16. The first-order chi connectivity index (χ1) is 13.3. The number of benzene rings is 1. The molecule has 0 spiro atoms. The van der Waals surface area contributed by atoms with Crippen molar-refractivity contribution in [2.45, 2.75) is 42.9 Å². The number of pyridine rings is 1. The number of imidazole rings is 1. The van der Waals surface area contributed by atoms with E-state index in [9.17, 15) is 0 Å². The van der Waals surface area contributed by atoms with Crippen LogP contribution < -0.4 is 20.5 Å². The molecule has 0 bridgehead atoms. The molecule has 1 aliphatic heterocycles. The van der Waals surface area contributed by atoms with Crippen molar-refractivity contribution in [3.63, 3.8) is 0 Å². The van der Waals surface area contributed by atoms with E-state index in [1.807, 2.05) is 12.1 Å². The lowest BCUT2D eigenvalue weighted by Gasteiger charge is -2.21. The Kier molecular flexibility index (Phi) is 5.03. The molecule has 4 rings (SSSR count). The van der Waals surface area contributed by atoms with Gasteiger partial charge in [-0.15, -0.1) is 0 Å². The van der Waals surface area contributed by atoms with Gasteiger partial charge in [0.25, 0.3) is 0 Å². The largest absolute Gasteiger partial charge is 0.454 e. The molecule has 0 radical (unpaired) electrons. The topological polar surface area (TPSA) is 87.2 Å². The fraction of sp³-hybridized carbons (Fsp3) is 0.368. The fourth-order valence-electron chi connectivity index (χ4n) is 2.96. The molecule has 148 valence electrons. The maximum absolute atomic E-state index is 6.46. The van der Waals surface area contributed by atoms with Crippen molar-refractivity contribution in [3.05, 3.63) is 29.4 Å². The van der Waals surface area contributed by atoms with Crippen molar-refractivity contribution in [3.8, 4) is 11.5 Å². The normalized spacial score (nSPS) is 13.4. The number of nitrogen functional groups attached to an aromatic ring is 1. The molecule has 2 aromatic heterocycles. The molecule has 1 aromatic carbocycles. The summed E-state index contributed by atoms with van der Waals surface area (Å²) in [4.78, 5) is 9.75. The van der Waals surface area contributed by atoms with Crippen LogP contribution in [0.3, 0.4) is 0 Å². The van der Waals surface area contributed by atoms with Crippen LogP contribution in [-0.2, 0) is 6.54 Å². The highest BCUT2D eigenvalue weighted by atomic mass is 35.5. The Morgan fingerprint density at radius 3 is 2.79 bits per heavy atom. The highest BCUT2D eigenvalue weighted by Crippen LogP contribution is 2.43. The summed E-state index contributed by atoms with van der Waals surface area (Å²) >= 11 is 7.93. The number of aromatic nitrogens is 3. The van der Waals surface area contributed by atoms with Crippen molar-refractivity contribution in [1.82, 2.24) is 19.9 Å². The molecule has 1 aliphatic rings. The number of hydrogen-bond acceptors (Lipinski definition) is 7. The number of ether oxygens (including phenoxy) is 2. The predicted octanol–water partition coefficient (Wildman–Crippen LogP) is 3.93. The van der Waals surface area contributed by atoms with E-state index >= 15 is 0 Å². The lowest BCUT2D eigenvalue weighted by molar-refractivity contribution is 0.174. The first-order valence-electron chi connectivity index (χ1n) is 8.94. The van der Waals surface area contributed by atoms with Crippen LogP contribution in [-0.4, -0.2) is 33.4 Å². The second kappa shape index (κ2) is 7.35. The maximum Gasteiger partial charge on any atom is 0.231 e. The summed E-state index contributed by atoms with van der Waals surface area (Å²) in [5, 5.41) is 4.90. The minimum atomic E-state index is 0.0326. The van der Waals surface area contributed by atoms with Crippen LogP contribution >= 0.6 is 23.4 Å². The summed E-state index contributed by atoms with van der Waals surface area (Å²) in [7, 11) is 0.